The Morgan fingerprint density at radius 1 is 0.636 bits per heavy atom. The van der Waals surface area contributed by atoms with Crippen LogP contribution in [-0.2, 0) is 12.8 Å². The molecule has 2 aromatic carbocycles. The summed E-state index contributed by atoms with van der Waals surface area (Å²) in [5.74, 6) is 4.50. The molecule has 180 valence electrons. The van der Waals surface area contributed by atoms with E-state index in [2.05, 4.69) is 48.2 Å². The van der Waals surface area contributed by atoms with Crippen LogP contribution in [-0.4, -0.2) is 78.5 Å². The van der Waals surface area contributed by atoms with Gasteiger partial charge in [-0.3, -0.25) is 0 Å². The predicted octanol–water partition coefficient (Wildman–Crippen LogP) is 3.95. The molecule has 0 saturated heterocycles. The highest BCUT2D eigenvalue weighted by atomic mass is 16.5. The van der Waals surface area contributed by atoms with E-state index in [-0.39, 0.29) is 0 Å². The smallest absolute Gasteiger partial charge is 0.161 e. The highest BCUT2D eigenvalue weighted by Gasteiger charge is 2.30. The molecule has 0 radical (unpaired) electrons. The Bertz CT molecular complexity index is 900. The molecule has 0 amide bonds. The zero-order chi connectivity index (χ0) is 23.5. The van der Waals surface area contributed by atoms with Crippen LogP contribution in [0.3, 0.4) is 0 Å². The Balaban J connectivity index is 1.20. The van der Waals surface area contributed by atoms with E-state index < -0.39 is 0 Å². The third kappa shape index (κ3) is 4.92. The summed E-state index contributed by atoms with van der Waals surface area (Å²) in [5, 5.41) is 0. The Hall–Kier alpha value is -2.44. The van der Waals surface area contributed by atoms with Crippen LogP contribution < -0.4 is 18.9 Å². The summed E-state index contributed by atoms with van der Waals surface area (Å²) < 4.78 is 21.8. The molecule has 0 bridgehead atoms. The van der Waals surface area contributed by atoms with Crippen LogP contribution in [0.4, 0.5) is 0 Å². The van der Waals surface area contributed by atoms with E-state index in [0.717, 1.165) is 62.0 Å². The van der Waals surface area contributed by atoms with Crippen LogP contribution in [0.1, 0.15) is 40.5 Å². The fourth-order valence-corrected chi connectivity index (χ4v) is 5.35. The number of hydrogen-bond acceptors (Lipinski definition) is 6. The van der Waals surface area contributed by atoms with Crippen molar-refractivity contribution < 1.29 is 18.9 Å². The van der Waals surface area contributed by atoms with Crippen molar-refractivity contribution in [3.63, 3.8) is 0 Å². The van der Waals surface area contributed by atoms with Crippen LogP contribution in [0, 0.1) is 0 Å². The minimum atomic E-state index is 0.584. The molecule has 6 heteroatoms. The van der Waals surface area contributed by atoms with E-state index in [1.54, 1.807) is 28.4 Å². The minimum absolute atomic E-state index is 0.584. The second kappa shape index (κ2) is 10.2. The third-order valence-corrected chi connectivity index (χ3v) is 7.25. The third-order valence-electron chi connectivity index (χ3n) is 7.25. The second-order valence-corrected chi connectivity index (χ2v) is 9.49. The van der Waals surface area contributed by atoms with Gasteiger partial charge in [0.2, 0.25) is 0 Å². The molecule has 0 aromatic heterocycles. The van der Waals surface area contributed by atoms with Crippen molar-refractivity contribution in [1.29, 1.82) is 0 Å². The lowest BCUT2D eigenvalue weighted by Gasteiger charge is -2.35. The number of hydrogen-bond donors (Lipinski definition) is 0. The van der Waals surface area contributed by atoms with E-state index in [9.17, 15) is 0 Å². The first kappa shape index (κ1) is 23.7. The molecule has 2 aliphatic carbocycles. The average molecular weight is 455 g/mol. The summed E-state index contributed by atoms with van der Waals surface area (Å²) >= 11 is 0. The number of ether oxygens (including phenoxy) is 4. The molecule has 0 spiro atoms. The molecular formula is C27H38N2O4. The number of likely N-dealkylation sites (N-methyl/N-ethyl adjacent to an activating group) is 2. The van der Waals surface area contributed by atoms with Gasteiger partial charge in [-0.05, 0) is 93.0 Å². The molecule has 2 atom stereocenters. The van der Waals surface area contributed by atoms with E-state index >= 15 is 0 Å². The van der Waals surface area contributed by atoms with Gasteiger partial charge in [-0.1, -0.05) is 0 Å². The second-order valence-electron chi connectivity index (χ2n) is 9.49. The maximum Gasteiger partial charge on any atom is 0.161 e. The number of fused-ring (bicyclic) bond motifs is 2. The average Bonchev–Trinajstić information content (AvgIpc) is 2.80. The lowest BCUT2D eigenvalue weighted by Crippen LogP contribution is -2.34. The first-order valence-electron chi connectivity index (χ1n) is 11.8. The van der Waals surface area contributed by atoms with Gasteiger partial charge in [0.25, 0.3) is 0 Å². The van der Waals surface area contributed by atoms with Crippen LogP contribution in [0.5, 0.6) is 23.0 Å². The number of benzene rings is 2. The highest BCUT2D eigenvalue weighted by molar-refractivity contribution is 5.54. The summed E-state index contributed by atoms with van der Waals surface area (Å²) in [6.45, 7) is 4.39. The van der Waals surface area contributed by atoms with Crippen molar-refractivity contribution in [2.24, 2.45) is 0 Å². The van der Waals surface area contributed by atoms with E-state index in [1.165, 1.54) is 28.7 Å². The van der Waals surface area contributed by atoms with Gasteiger partial charge in [0, 0.05) is 24.9 Å². The molecule has 0 N–H and O–H groups in total. The largest absolute Gasteiger partial charge is 0.493 e. The van der Waals surface area contributed by atoms with Crippen molar-refractivity contribution in [3.8, 4) is 23.0 Å². The Morgan fingerprint density at radius 2 is 1.00 bits per heavy atom. The molecule has 0 fully saturated rings. The van der Waals surface area contributed by atoms with Crippen molar-refractivity contribution >= 4 is 0 Å². The SMILES string of the molecule is COc1cc2c(cc1OC)[C@@H](CN(C)CCCN(C)C[C@@H]1Cc3cc(OC)c(OC)cc31)C2. The maximum absolute atomic E-state index is 5.49. The predicted molar refractivity (Wildman–Crippen MR) is 132 cm³/mol. The standard InChI is InChI=1S/C27H38N2O4/c1-28(16-20-10-18-12-24(30-3)26(32-5)14-22(18)20)8-7-9-29(2)17-21-11-19-13-25(31-4)27(33-6)15-23(19)21/h12-15,20-21H,7-11,16-17H2,1-6H3/t20-,21+. The van der Waals surface area contributed by atoms with Gasteiger partial charge in [0.1, 0.15) is 0 Å². The van der Waals surface area contributed by atoms with Gasteiger partial charge in [-0.25, -0.2) is 0 Å². The van der Waals surface area contributed by atoms with Crippen LogP contribution in [0.2, 0.25) is 0 Å². The number of methoxy groups -OCH3 is 4. The van der Waals surface area contributed by atoms with Gasteiger partial charge in [-0.2, -0.15) is 0 Å². The van der Waals surface area contributed by atoms with E-state index in [0.29, 0.717) is 11.8 Å². The molecule has 33 heavy (non-hydrogen) atoms. The van der Waals surface area contributed by atoms with Crippen LogP contribution >= 0.6 is 0 Å². The van der Waals surface area contributed by atoms with Crippen molar-refractivity contribution in [2.75, 3.05) is 68.7 Å². The monoisotopic (exact) mass is 454 g/mol. The van der Waals surface area contributed by atoms with Gasteiger partial charge < -0.3 is 28.7 Å². The normalized spacial score (nSPS) is 18.3. The summed E-state index contributed by atoms with van der Waals surface area (Å²) in [4.78, 5) is 4.93. The molecule has 0 aliphatic heterocycles. The highest BCUT2D eigenvalue weighted by Crippen LogP contribution is 2.43. The molecule has 0 heterocycles. The maximum atomic E-state index is 5.49. The van der Waals surface area contributed by atoms with Gasteiger partial charge in [0.15, 0.2) is 23.0 Å². The number of rotatable bonds is 12. The first-order valence-corrected chi connectivity index (χ1v) is 11.8. The van der Waals surface area contributed by atoms with Gasteiger partial charge in [-0.15, -0.1) is 0 Å². The quantitative estimate of drug-likeness (QED) is 0.484. The lowest BCUT2D eigenvalue weighted by molar-refractivity contribution is 0.250. The van der Waals surface area contributed by atoms with E-state index in [1.807, 2.05) is 0 Å². The van der Waals surface area contributed by atoms with Crippen molar-refractivity contribution in [1.82, 2.24) is 9.80 Å². The van der Waals surface area contributed by atoms with Crippen LogP contribution in [0.25, 0.3) is 0 Å². The topological polar surface area (TPSA) is 43.4 Å². The zero-order valence-corrected chi connectivity index (χ0v) is 20.9. The van der Waals surface area contributed by atoms with Gasteiger partial charge >= 0.3 is 0 Å². The molecule has 4 rings (SSSR count). The molecule has 2 aromatic rings. The minimum Gasteiger partial charge on any atom is -0.493 e. The summed E-state index contributed by atoms with van der Waals surface area (Å²) in [6.07, 6.45) is 3.41. The van der Waals surface area contributed by atoms with Crippen molar-refractivity contribution in [2.45, 2.75) is 31.1 Å². The van der Waals surface area contributed by atoms with Crippen molar-refractivity contribution in [3.05, 3.63) is 46.5 Å². The lowest BCUT2D eigenvalue weighted by atomic mass is 9.77. The van der Waals surface area contributed by atoms with Crippen LogP contribution in [0.15, 0.2) is 24.3 Å². The summed E-state index contributed by atoms with van der Waals surface area (Å²) in [7, 11) is 11.3. The zero-order valence-electron chi connectivity index (χ0n) is 20.9. The molecule has 0 unspecified atom stereocenters. The molecule has 0 saturated carbocycles. The summed E-state index contributed by atoms with van der Waals surface area (Å²) in [6, 6.07) is 8.57. The summed E-state index contributed by atoms with van der Waals surface area (Å²) in [5.41, 5.74) is 5.60. The molecule has 2 aliphatic rings. The Labute approximate surface area is 198 Å². The van der Waals surface area contributed by atoms with E-state index in [4.69, 9.17) is 18.9 Å². The number of nitrogens with zero attached hydrogens (tertiary/aromatic N) is 2. The first-order chi connectivity index (χ1) is 16.0. The Kier molecular flexibility index (Phi) is 7.35. The Morgan fingerprint density at radius 3 is 1.36 bits per heavy atom. The fraction of sp³-hybridized carbons (Fsp3) is 0.556. The molecular weight excluding hydrogens is 416 g/mol. The molecule has 6 nitrogen and oxygen atoms in total. The van der Waals surface area contributed by atoms with Gasteiger partial charge in [0.05, 0.1) is 28.4 Å². The fourth-order valence-electron chi connectivity index (χ4n) is 5.35.